The summed E-state index contributed by atoms with van der Waals surface area (Å²) in [5, 5.41) is 32.0. The number of likely N-dealkylation sites (tertiary alicyclic amines) is 1. The molecular weight excluding hydrogens is 959 g/mol. The van der Waals surface area contributed by atoms with Gasteiger partial charge >= 0.3 is 11.8 Å². The molecule has 3 atom stereocenters. The van der Waals surface area contributed by atoms with E-state index in [4.69, 9.17) is 18.6 Å². The Balaban J connectivity index is 0.611. The second-order valence-electron chi connectivity index (χ2n) is 20.7. The van der Waals surface area contributed by atoms with Gasteiger partial charge in [0.25, 0.3) is 17.7 Å². The van der Waals surface area contributed by atoms with Crippen molar-refractivity contribution in [2.24, 2.45) is 5.41 Å². The van der Waals surface area contributed by atoms with E-state index in [1.165, 1.54) is 9.80 Å². The van der Waals surface area contributed by atoms with Crippen molar-refractivity contribution in [3.8, 4) is 23.3 Å². The number of hydrogen-bond donors (Lipinski definition) is 4. The Kier molecular flexibility index (Phi) is 12.1. The third-order valence-corrected chi connectivity index (χ3v) is 15.3. The average Bonchev–Trinajstić information content (AvgIpc) is 3.89. The van der Waals surface area contributed by atoms with Crippen LogP contribution in [0.3, 0.4) is 0 Å². The van der Waals surface area contributed by atoms with Gasteiger partial charge in [-0.15, -0.1) is 15.3 Å². The molecule has 0 radical (unpaired) electrons. The number of nitrogens with one attached hydrogen (secondary N) is 3. The number of ether oxygens (including phenoxy) is 3. The summed E-state index contributed by atoms with van der Waals surface area (Å²) < 4.78 is 24.3. The topological polar surface area (TPSA) is 234 Å². The fraction of sp³-hybridized carbons (Fsp3) is 0.382. The van der Waals surface area contributed by atoms with E-state index < -0.39 is 34.9 Å². The van der Waals surface area contributed by atoms with E-state index in [0.717, 1.165) is 55.6 Å². The smallest absolute Gasteiger partial charge is 0.309 e. The number of hydrogen-bond acceptors (Lipinski definition) is 15. The summed E-state index contributed by atoms with van der Waals surface area (Å²) in [4.78, 5) is 65.6. The summed E-state index contributed by atoms with van der Waals surface area (Å²) in [5.74, 6) is 5.86. The predicted octanol–water partition coefficient (Wildman–Crippen LogP) is 3.25. The molecule has 1 spiro atoms. The molecule has 2 aromatic heterocycles. The van der Waals surface area contributed by atoms with Crippen LogP contribution >= 0.6 is 0 Å². The first-order valence-corrected chi connectivity index (χ1v) is 25.2. The molecule has 1 aliphatic carbocycles. The van der Waals surface area contributed by atoms with Crippen LogP contribution in [0.1, 0.15) is 75.4 Å². The summed E-state index contributed by atoms with van der Waals surface area (Å²) in [6.45, 7) is 3.55. The van der Waals surface area contributed by atoms with Gasteiger partial charge < -0.3 is 49.1 Å². The van der Waals surface area contributed by atoms with Gasteiger partial charge in [0.2, 0.25) is 11.7 Å². The van der Waals surface area contributed by atoms with Gasteiger partial charge in [0.05, 0.1) is 22.9 Å². The molecule has 5 aliphatic heterocycles. The molecular formula is C55H55N11O9. The predicted molar refractivity (Wildman–Crippen MR) is 271 cm³/mol. The summed E-state index contributed by atoms with van der Waals surface area (Å²) in [6, 6.07) is 28.7. The number of aliphatic hydroxyl groups is 1. The minimum atomic E-state index is -1.21. The Morgan fingerprint density at radius 1 is 0.800 bits per heavy atom. The van der Waals surface area contributed by atoms with Gasteiger partial charge in [-0.2, -0.15) is 0 Å². The number of likely N-dealkylation sites (N-methyl/N-ethyl adjacent to an activating group) is 2. The van der Waals surface area contributed by atoms with Gasteiger partial charge in [-0.05, 0) is 73.2 Å². The van der Waals surface area contributed by atoms with Crippen molar-refractivity contribution in [2.45, 2.75) is 61.3 Å². The first-order valence-electron chi connectivity index (χ1n) is 25.2. The molecule has 7 heterocycles. The van der Waals surface area contributed by atoms with Crippen LogP contribution in [0.4, 0.5) is 17.1 Å². The van der Waals surface area contributed by atoms with Crippen LogP contribution in [-0.2, 0) is 26.2 Å². The molecule has 12 rings (SSSR count). The van der Waals surface area contributed by atoms with Crippen molar-refractivity contribution in [3.63, 3.8) is 0 Å². The van der Waals surface area contributed by atoms with Crippen LogP contribution in [-0.4, -0.2) is 149 Å². The van der Waals surface area contributed by atoms with Gasteiger partial charge in [0.15, 0.2) is 5.60 Å². The van der Waals surface area contributed by atoms with Gasteiger partial charge in [0, 0.05) is 76.5 Å². The van der Waals surface area contributed by atoms with E-state index in [2.05, 4.69) is 57.7 Å². The molecule has 4 fully saturated rings. The molecule has 20 heteroatoms. The first-order chi connectivity index (χ1) is 36.3. The van der Waals surface area contributed by atoms with Crippen LogP contribution in [0.5, 0.6) is 11.5 Å². The number of nitrogens with zero attached hydrogens (tertiary/aromatic N) is 8. The number of β-amino-alcohol motifs (C(OH)–C–C–N with tert-alkyl or cyclic N) is 1. The summed E-state index contributed by atoms with van der Waals surface area (Å²) in [7, 11) is 3.30. The molecule has 4 amide bonds. The molecule has 0 bridgehead atoms. The molecule has 4 aromatic carbocycles. The standard InChI is InChI=1S/C55H55N11O9/c1-63-41-23-35(13-15-43(41)73-28-39(50(63)69)56-47(67)46-58-45(59-60-46)24-34-9-5-3-6-10-34)17-18-54(71)32-65(33-54)27-38-26-53(21-22-72-38)30-66(31-53)37-14-16-44-42(25-37)64(2)51(70)40(29-74-44)57-48(68)49-61-62-52(75-49)55(19-20-55)36-11-7-4-8-12-36/h3-16,23,25,38-40,71H,19-22,24,26-33H2,1-2H3,(H,56,67)(H,57,68)(H,58,59,60). The van der Waals surface area contributed by atoms with E-state index >= 15 is 0 Å². The molecule has 4 N–H and O–H groups in total. The van der Waals surface area contributed by atoms with Crippen LogP contribution in [0.15, 0.2) is 101 Å². The lowest BCUT2D eigenvalue weighted by molar-refractivity contribution is -0.121. The zero-order chi connectivity index (χ0) is 51.5. The Morgan fingerprint density at radius 2 is 1.47 bits per heavy atom. The number of fused-ring (bicyclic) bond motifs is 2. The van der Waals surface area contributed by atoms with Crippen molar-refractivity contribution in [1.29, 1.82) is 0 Å². The van der Waals surface area contributed by atoms with Gasteiger partial charge in [-0.1, -0.05) is 72.5 Å². The van der Waals surface area contributed by atoms with Crippen LogP contribution in [0.2, 0.25) is 0 Å². The number of H-pyrrole nitrogens is 1. The summed E-state index contributed by atoms with van der Waals surface area (Å²) >= 11 is 0. The lowest BCUT2D eigenvalue weighted by Gasteiger charge is -2.55. The maximum absolute atomic E-state index is 13.8. The molecule has 20 nitrogen and oxygen atoms in total. The number of carbonyl (C=O) groups is 4. The van der Waals surface area contributed by atoms with Gasteiger partial charge in [0.1, 0.15) is 42.6 Å². The SMILES string of the molecule is CN1C(=O)C(NC(=O)c2n[nH]c(Cc3ccccc3)n2)COc2ccc(C#CC3(O)CN(CC4CC5(CCO4)CN(c4ccc6c(c4)N(C)C(=O)C(NC(=O)c4nnc(C7(c8ccccc8)CC7)o4)CO6)C5)C3)cc21. The highest BCUT2D eigenvalue weighted by Crippen LogP contribution is 2.53. The fourth-order valence-electron chi connectivity index (χ4n) is 11.0. The molecule has 6 aliphatic rings. The number of carbonyl (C=O) groups excluding carboxylic acids is 4. The Labute approximate surface area is 431 Å². The lowest BCUT2D eigenvalue weighted by atomic mass is 9.71. The van der Waals surface area contributed by atoms with E-state index in [0.29, 0.717) is 72.8 Å². The lowest BCUT2D eigenvalue weighted by Crippen LogP contribution is -2.64. The summed E-state index contributed by atoms with van der Waals surface area (Å²) in [5.41, 5.74) is 3.20. The molecule has 3 saturated heterocycles. The maximum Gasteiger partial charge on any atom is 0.309 e. The number of aromatic amines is 1. The van der Waals surface area contributed by atoms with Crippen LogP contribution in [0.25, 0.3) is 0 Å². The number of anilines is 3. The van der Waals surface area contributed by atoms with E-state index in [1.807, 2.05) is 78.9 Å². The van der Waals surface area contributed by atoms with Crippen LogP contribution in [0, 0.1) is 17.3 Å². The average molecular weight is 1010 g/mol. The minimum Gasteiger partial charge on any atom is -0.489 e. The number of aromatic nitrogens is 5. The highest BCUT2D eigenvalue weighted by Gasteiger charge is 2.52. The van der Waals surface area contributed by atoms with Crippen molar-refractivity contribution in [2.75, 3.05) is 81.3 Å². The van der Waals surface area contributed by atoms with Gasteiger partial charge in [-0.25, -0.2) is 4.98 Å². The normalized spacial score (nSPS) is 22.1. The van der Waals surface area contributed by atoms with Crippen molar-refractivity contribution in [3.05, 3.63) is 137 Å². The zero-order valence-electron chi connectivity index (χ0n) is 41.5. The Morgan fingerprint density at radius 3 is 2.17 bits per heavy atom. The number of rotatable bonds is 11. The fourth-order valence-corrected chi connectivity index (χ4v) is 11.0. The largest absolute Gasteiger partial charge is 0.489 e. The third-order valence-electron chi connectivity index (χ3n) is 15.3. The zero-order valence-corrected chi connectivity index (χ0v) is 41.5. The highest BCUT2D eigenvalue weighted by atomic mass is 16.5. The van der Waals surface area contributed by atoms with Crippen molar-refractivity contribution in [1.82, 2.24) is 40.9 Å². The second kappa shape index (κ2) is 19.0. The van der Waals surface area contributed by atoms with E-state index in [-0.39, 0.29) is 48.3 Å². The summed E-state index contributed by atoms with van der Waals surface area (Å²) in [6.07, 6.45) is 3.96. The maximum atomic E-state index is 13.8. The molecule has 1 saturated carbocycles. The van der Waals surface area contributed by atoms with Crippen molar-refractivity contribution >= 4 is 40.7 Å². The highest BCUT2D eigenvalue weighted by molar-refractivity contribution is 6.03. The third kappa shape index (κ3) is 9.43. The first kappa shape index (κ1) is 47.9. The second-order valence-corrected chi connectivity index (χ2v) is 20.7. The van der Waals surface area contributed by atoms with E-state index in [1.54, 1.807) is 32.3 Å². The van der Waals surface area contributed by atoms with Crippen LogP contribution < -0.4 is 34.8 Å². The molecule has 384 valence electrons. The monoisotopic (exact) mass is 1010 g/mol. The van der Waals surface area contributed by atoms with E-state index in [9.17, 15) is 24.3 Å². The Hall–Kier alpha value is -8.12. The number of amides is 4. The molecule has 3 unspecified atom stereocenters. The quantitative estimate of drug-likeness (QED) is 0.137. The Bertz CT molecular complexity index is 3250. The minimum absolute atomic E-state index is 0.00823. The molecule has 75 heavy (non-hydrogen) atoms. The van der Waals surface area contributed by atoms with Crippen molar-refractivity contribution < 1.29 is 42.9 Å². The van der Waals surface area contributed by atoms with Gasteiger partial charge in [-0.3, -0.25) is 29.2 Å². The number of benzene rings is 4. The molecule has 6 aromatic rings.